The van der Waals surface area contributed by atoms with E-state index in [1.54, 1.807) is 0 Å². The molecule has 0 heterocycles. The third kappa shape index (κ3) is 12.0. The minimum absolute atomic E-state index is 0.252. The number of ketones is 1. The second-order valence-corrected chi connectivity index (χ2v) is 9.36. The summed E-state index contributed by atoms with van der Waals surface area (Å²) in [4.78, 5) is 49.2. The number of hydrogen-bond donors (Lipinski definition) is 1. The summed E-state index contributed by atoms with van der Waals surface area (Å²) in [5, 5.41) is 10.7. The van der Waals surface area contributed by atoms with E-state index < -0.39 is 41.3 Å². The Bertz CT molecular complexity index is 727. The van der Waals surface area contributed by atoms with Crippen LogP contribution in [0.5, 0.6) is 0 Å². The molecule has 8 nitrogen and oxygen atoms in total. The number of carbonyl (C=O) groups is 4. The molecule has 0 aromatic carbocycles. The first-order valence-corrected chi connectivity index (χ1v) is 13.4. The van der Waals surface area contributed by atoms with Gasteiger partial charge in [0.2, 0.25) is 0 Å². The van der Waals surface area contributed by atoms with Gasteiger partial charge in [-0.2, -0.15) is 0 Å². The molecule has 2 unspecified atom stereocenters. The lowest BCUT2D eigenvalue weighted by molar-refractivity contribution is -0.173. The van der Waals surface area contributed by atoms with Gasteiger partial charge in [-0.15, -0.1) is 0 Å². The number of Topliss-reactive ketones (excluding diaryl/α,β-unsaturated/α-hetero) is 1. The maximum Gasteiger partial charge on any atom is 0.317 e. The van der Waals surface area contributed by atoms with Crippen LogP contribution in [0.15, 0.2) is 24.3 Å². The molecule has 0 aromatic heterocycles. The van der Waals surface area contributed by atoms with Gasteiger partial charge in [0.05, 0.1) is 0 Å². The smallest absolute Gasteiger partial charge is 0.317 e. The van der Waals surface area contributed by atoms with Crippen molar-refractivity contribution in [2.45, 2.75) is 110 Å². The monoisotopic (exact) mass is 508 g/mol. The van der Waals surface area contributed by atoms with Crippen molar-refractivity contribution in [2.24, 2.45) is 5.92 Å². The van der Waals surface area contributed by atoms with E-state index in [0.29, 0.717) is 12.8 Å². The van der Waals surface area contributed by atoms with E-state index in [1.807, 2.05) is 0 Å². The van der Waals surface area contributed by atoms with Crippen molar-refractivity contribution in [3.8, 4) is 0 Å². The quantitative estimate of drug-likeness (QED) is 0.151. The first kappa shape index (κ1) is 31.5. The molecule has 36 heavy (non-hydrogen) atoms. The van der Waals surface area contributed by atoms with Crippen molar-refractivity contribution < 1.29 is 38.5 Å². The third-order valence-corrected chi connectivity index (χ3v) is 6.17. The van der Waals surface area contributed by atoms with Gasteiger partial charge in [-0.1, -0.05) is 83.4 Å². The fourth-order valence-electron chi connectivity index (χ4n) is 3.84. The zero-order valence-electron chi connectivity index (χ0n) is 22.2. The van der Waals surface area contributed by atoms with Crippen LogP contribution in [0, 0.1) is 5.92 Å². The lowest BCUT2D eigenvalue weighted by atomic mass is 9.81. The van der Waals surface area contributed by atoms with Gasteiger partial charge in [-0.05, 0) is 25.8 Å². The molecule has 204 valence electrons. The Balaban J connectivity index is 2.68. The Morgan fingerprint density at radius 2 is 1.31 bits per heavy atom. The van der Waals surface area contributed by atoms with Crippen LogP contribution in [0.2, 0.25) is 0 Å². The van der Waals surface area contributed by atoms with Crippen molar-refractivity contribution in [3.63, 3.8) is 0 Å². The fourth-order valence-corrected chi connectivity index (χ4v) is 3.84. The largest absolute Gasteiger partial charge is 0.462 e. The van der Waals surface area contributed by atoms with Crippen molar-refractivity contribution in [2.75, 3.05) is 13.2 Å². The van der Waals surface area contributed by atoms with E-state index in [2.05, 4.69) is 13.8 Å². The molecule has 0 bridgehead atoms. The van der Waals surface area contributed by atoms with E-state index in [1.165, 1.54) is 31.2 Å². The molecule has 0 amide bonds. The Morgan fingerprint density at radius 1 is 0.806 bits per heavy atom. The molecule has 0 fully saturated rings. The van der Waals surface area contributed by atoms with Crippen LogP contribution < -0.4 is 0 Å². The van der Waals surface area contributed by atoms with Crippen molar-refractivity contribution in [1.29, 1.82) is 0 Å². The second kappa shape index (κ2) is 17.9. The first-order chi connectivity index (χ1) is 17.2. The van der Waals surface area contributed by atoms with Crippen LogP contribution in [0.4, 0.5) is 0 Å². The third-order valence-electron chi connectivity index (χ3n) is 6.17. The molecule has 1 aliphatic carbocycles. The van der Waals surface area contributed by atoms with E-state index in [9.17, 15) is 24.3 Å². The van der Waals surface area contributed by atoms with Crippen LogP contribution in [0.25, 0.3) is 0 Å². The van der Waals surface area contributed by atoms with E-state index in [-0.39, 0.29) is 26.1 Å². The van der Waals surface area contributed by atoms with Gasteiger partial charge in [-0.25, -0.2) is 0 Å². The molecule has 1 aliphatic rings. The SMILES string of the molecule is CCCCCCCC(=O)OCC(COC(=O)CCCCCCC)OC(=O)C1C=CC=CC1(O)C(C)=O. The molecular formula is C28H44O8. The number of rotatable bonds is 19. The molecule has 1 N–H and O–H groups in total. The topological polar surface area (TPSA) is 116 Å². The molecule has 0 saturated heterocycles. The van der Waals surface area contributed by atoms with Gasteiger partial charge >= 0.3 is 17.9 Å². The van der Waals surface area contributed by atoms with Gasteiger partial charge in [0.15, 0.2) is 17.5 Å². The highest BCUT2D eigenvalue weighted by Gasteiger charge is 2.44. The average molecular weight is 509 g/mol. The normalized spacial score (nSPS) is 18.8. The van der Waals surface area contributed by atoms with Crippen LogP contribution >= 0.6 is 0 Å². The van der Waals surface area contributed by atoms with Crippen molar-refractivity contribution in [1.82, 2.24) is 0 Å². The number of unbranched alkanes of at least 4 members (excludes halogenated alkanes) is 8. The van der Waals surface area contributed by atoms with Gasteiger partial charge in [-0.3, -0.25) is 19.2 Å². The number of ether oxygens (including phenoxy) is 3. The lowest BCUT2D eigenvalue weighted by Gasteiger charge is -2.30. The highest BCUT2D eigenvalue weighted by atomic mass is 16.6. The predicted molar refractivity (Wildman–Crippen MR) is 136 cm³/mol. The zero-order valence-corrected chi connectivity index (χ0v) is 22.2. The average Bonchev–Trinajstić information content (AvgIpc) is 2.85. The number of allylic oxidation sites excluding steroid dienone is 2. The molecule has 0 radical (unpaired) electrons. The summed E-state index contributed by atoms with van der Waals surface area (Å²) in [6.07, 6.45) is 14.9. The highest BCUT2D eigenvalue weighted by molar-refractivity contribution is 5.94. The van der Waals surface area contributed by atoms with Crippen molar-refractivity contribution >= 4 is 23.7 Å². The number of aliphatic hydroxyl groups is 1. The van der Waals surface area contributed by atoms with E-state index in [0.717, 1.165) is 51.4 Å². The van der Waals surface area contributed by atoms with Crippen LogP contribution in [0.1, 0.15) is 97.8 Å². The highest BCUT2D eigenvalue weighted by Crippen LogP contribution is 2.27. The summed E-state index contributed by atoms with van der Waals surface area (Å²) in [5.41, 5.74) is -2.03. The van der Waals surface area contributed by atoms with Crippen LogP contribution in [0.3, 0.4) is 0 Å². The minimum Gasteiger partial charge on any atom is -0.462 e. The summed E-state index contributed by atoms with van der Waals surface area (Å²) in [7, 11) is 0. The van der Waals surface area contributed by atoms with Crippen LogP contribution in [-0.2, 0) is 33.4 Å². The maximum absolute atomic E-state index is 12.9. The van der Waals surface area contributed by atoms with Crippen molar-refractivity contribution in [3.05, 3.63) is 24.3 Å². The van der Waals surface area contributed by atoms with E-state index in [4.69, 9.17) is 14.2 Å². The first-order valence-electron chi connectivity index (χ1n) is 13.4. The molecule has 0 aromatic rings. The van der Waals surface area contributed by atoms with Gasteiger partial charge < -0.3 is 19.3 Å². The molecule has 0 aliphatic heterocycles. The van der Waals surface area contributed by atoms with Gasteiger partial charge in [0, 0.05) is 12.8 Å². The summed E-state index contributed by atoms with van der Waals surface area (Å²) in [6, 6.07) is 0. The standard InChI is InChI=1S/C28H44O8/c1-4-6-8-10-12-17-25(30)34-20-23(21-35-26(31)18-13-11-9-7-5-2)36-27(32)24-16-14-15-19-28(24,33)22(3)29/h14-16,19,23-24,33H,4-13,17-18,20-21H2,1-3H3. The maximum atomic E-state index is 12.9. The van der Waals surface area contributed by atoms with Gasteiger partial charge in [0.1, 0.15) is 19.1 Å². The number of hydrogen-bond acceptors (Lipinski definition) is 8. The Hall–Kier alpha value is -2.48. The summed E-state index contributed by atoms with van der Waals surface area (Å²) in [6.45, 7) is 4.85. The molecule has 1 rings (SSSR count). The van der Waals surface area contributed by atoms with Crippen LogP contribution in [-0.4, -0.2) is 53.7 Å². The molecule has 0 spiro atoms. The molecule has 8 heteroatoms. The number of carbonyl (C=O) groups excluding carboxylic acids is 4. The molecule has 2 atom stereocenters. The molecular weight excluding hydrogens is 464 g/mol. The summed E-state index contributed by atoms with van der Waals surface area (Å²) in [5.74, 6) is -3.58. The number of esters is 3. The Kier molecular flexibility index (Phi) is 15.7. The van der Waals surface area contributed by atoms with E-state index >= 15 is 0 Å². The summed E-state index contributed by atoms with van der Waals surface area (Å²) < 4.78 is 16.0. The van der Waals surface area contributed by atoms with Gasteiger partial charge in [0.25, 0.3) is 0 Å². The molecule has 0 saturated carbocycles. The minimum atomic E-state index is -2.03. The zero-order chi connectivity index (χ0) is 26.8. The summed E-state index contributed by atoms with van der Waals surface area (Å²) >= 11 is 0. The Morgan fingerprint density at radius 3 is 1.78 bits per heavy atom. The second-order valence-electron chi connectivity index (χ2n) is 9.36. The predicted octanol–water partition coefficient (Wildman–Crippen LogP) is 4.77. The lowest BCUT2D eigenvalue weighted by Crippen LogP contribution is -2.48. The fraction of sp³-hybridized carbons (Fsp3) is 0.714. The Labute approximate surface area is 215 Å².